The second kappa shape index (κ2) is 8.31. The Hall–Kier alpha value is -2.41. The van der Waals surface area contributed by atoms with Crippen LogP contribution in [0.2, 0.25) is 5.02 Å². The number of hydrogen-bond donors (Lipinski definition) is 2. The molecule has 0 heterocycles. The van der Waals surface area contributed by atoms with E-state index in [9.17, 15) is 18.0 Å². The van der Waals surface area contributed by atoms with E-state index < -0.39 is 17.6 Å². The summed E-state index contributed by atoms with van der Waals surface area (Å²) in [7, 11) is 0. The number of nitrogens with one attached hydrogen (secondary N) is 2. The Balaban J connectivity index is 2.07. The zero-order valence-corrected chi connectivity index (χ0v) is 14.9. The van der Waals surface area contributed by atoms with Gasteiger partial charge in [0.25, 0.3) is 0 Å². The van der Waals surface area contributed by atoms with Crippen molar-refractivity contribution in [3.05, 3.63) is 53.1 Å². The van der Waals surface area contributed by atoms with Crippen molar-refractivity contribution in [3.8, 4) is 5.75 Å². The van der Waals surface area contributed by atoms with Crippen LogP contribution in [0.1, 0.15) is 19.4 Å². The highest BCUT2D eigenvalue weighted by Gasteiger charge is 2.33. The van der Waals surface area contributed by atoms with Gasteiger partial charge in [-0.1, -0.05) is 23.7 Å². The van der Waals surface area contributed by atoms with Gasteiger partial charge in [-0.3, -0.25) is 4.79 Å². The lowest BCUT2D eigenvalue weighted by atomic mass is 10.1. The van der Waals surface area contributed by atoms with Crippen LogP contribution in [0.15, 0.2) is 42.5 Å². The molecule has 8 heteroatoms. The van der Waals surface area contributed by atoms with Gasteiger partial charge in [0.1, 0.15) is 5.75 Å². The molecule has 0 saturated heterocycles. The van der Waals surface area contributed by atoms with Gasteiger partial charge in [0, 0.05) is 10.7 Å². The van der Waals surface area contributed by atoms with Crippen molar-refractivity contribution in [2.45, 2.75) is 26.1 Å². The van der Waals surface area contributed by atoms with E-state index in [1.807, 2.05) is 13.8 Å². The molecule has 0 fully saturated rings. The normalized spacial score (nSPS) is 11.3. The molecule has 26 heavy (non-hydrogen) atoms. The fourth-order valence-electron chi connectivity index (χ4n) is 2.20. The molecule has 0 bridgehead atoms. The average Bonchev–Trinajstić information content (AvgIpc) is 2.54. The zero-order chi connectivity index (χ0) is 19.3. The van der Waals surface area contributed by atoms with Crippen LogP contribution in [0.25, 0.3) is 0 Å². The molecule has 2 aromatic rings. The van der Waals surface area contributed by atoms with Crippen LogP contribution in [-0.2, 0) is 11.0 Å². The SMILES string of the molecule is CC(C)Oc1ccccc1NC(=O)CNc1ccc(Cl)cc1C(F)(F)F. The van der Waals surface area contributed by atoms with Gasteiger partial charge in [-0.15, -0.1) is 0 Å². The summed E-state index contributed by atoms with van der Waals surface area (Å²) in [5, 5.41) is 5.08. The molecule has 0 aromatic heterocycles. The van der Waals surface area contributed by atoms with Crippen LogP contribution in [-0.4, -0.2) is 18.6 Å². The molecule has 140 valence electrons. The number of carbonyl (C=O) groups excluding carboxylic acids is 1. The summed E-state index contributed by atoms with van der Waals surface area (Å²) in [6.45, 7) is 3.35. The molecule has 0 aliphatic carbocycles. The first-order valence-electron chi connectivity index (χ1n) is 7.83. The predicted octanol–water partition coefficient (Wildman–Crippen LogP) is 5.20. The predicted molar refractivity (Wildman–Crippen MR) is 95.8 cm³/mol. The lowest BCUT2D eigenvalue weighted by molar-refractivity contribution is -0.137. The number of carbonyl (C=O) groups is 1. The van der Waals surface area contributed by atoms with Gasteiger partial charge < -0.3 is 15.4 Å². The Bertz CT molecular complexity index is 779. The zero-order valence-electron chi connectivity index (χ0n) is 14.2. The van der Waals surface area contributed by atoms with E-state index in [1.54, 1.807) is 24.3 Å². The number of amides is 1. The number of para-hydroxylation sites is 2. The van der Waals surface area contributed by atoms with E-state index in [-0.39, 0.29) is 23.4 Å². The second-order valence-corrected chi connectivity index (χ2v) is 6.19. The Morgan fingerprint density at radius 1 is 1.15 bits per heavy atom. The summed E-state index contributed by atoms with van der Waals surface area (Å²) in [5.74, 6) is -0.0220. The molecule has 2 rings (SSSR count). The van der Waals surface area contributed by atoms with Gasteiger partial charge in [0.15, 0.2) is 0 Å². The van der Waals surface area contributed by atoms with Crippen molar-refractivity contribution < 1.29 is 22.7 Å². The largest absolute Gasteiger partial charge is 0.489 e. The standard InChI is InChI=1S/C18H18ClF3N2O2/c1-11(2)26-16-6-4-3-5-15(16)24-17(25)10-23-14-8-7-12(19)9-13(14)18(20,21)22/h3-9,11,23H,10H2,1-2H3,(H,24,25). The summed E-state index contributed by atoms with van der Waals surface area (Å²) < 4.78 is 44.8. The number of hydrogen-bond acceptors (Lipinski definition) is 3. The fraction of sp³-hybridized carbons (Fsp3) is 0.278. The summed E-state index contributed by atoms with van der Waals surface area (Å²) in [4.78, 5) is 12.1. The van der Waals surface area contributed by atoms with E-state index in [0.717, 1.165) is 6.07 Å². The summed E-state index contributed by atoms with van der Waals surface area (Å²) in [6.07, 6.45) is -4.67. The number of alkyl halides is 3. The third-order valence-electron chi connectivity index (χ3n) is 3.25. The maximum absolute atomic E-state index is 13.1. The average molecular weight is 387 g/mol. The van der Waals surface area contributed by atoms with Gasteiger partial charge in [0.05, 0.1) is 23.9 Å². The van der Waals surface area contributed by atoms with Crippen LogP contribution >= 0.6 is 11.6 Å². The molecule has 0 unspecified atom stereocenters. The number of ether oxygens (including phenoxy) is 1. The molecule has 0 radical (unpaired) electrons. The van der Waals surface area contributed by atoms with Crippen LogP contribution in [0.3, 0.4) is 0 Å². The van der Waals surface area contributed by atoms with E-state index in [0.29, 0.717) is 11.4 Å². The van der Waals surface area contributed by atoms with Crippen molar-refractivity contribution >= 4 is 28.9 Å². The molecule has 0 spiro atoms. The number of rotatable bonds is 6. The van der Waals surface area contributed by atoms with Crippen LogP contribution < -0.4 is 15.4 Å². The van der Waals surface area contributed by atoms with Crippen LogP contribution in [0, 0.1) is 0 Å². The highest BCUT2D eigenvalue weighted by molar-refractivity contribution is 6.30. The van der Waals surface area contributed by atoms with Crippen LogP contribution in [0.4, 0.5) is 24.5 Å². The monoisotopic (exact) mass is 386 g/mol. The third kappa shape index (κ3) is 5.56. The molecule has 0 atom stereocenters. The minimum Gasteiger partial charge on any atom is -0.489 e. The molecule has 4 nitrogen and oxygen atoms in total. The van der Waals surface area contributed by atoms with Crippen molar-refractivity contribution in [3.63, 3.8) is 0 Å². The molecular weight excluding hydrogens is 369 g/mol. The Morgan fingerprint density at radius 2 is 1.85 bits per heavy atom. The first-order valence-corrected chi connectivity index (χ1v) is 8.21. The summed E-state index contributed by atoms with van der Waals surface area (Å²) >= 11 is 5.63. The van der Waals surface area contributed by atoms with Gasteiger partial charge >= 0.3 is 6.18 Å². The maximum Gasteiger partial charge on any atom is 0.418 e. The Morgan fingerprint density at radius 3 is 2.50 bits per heavy atom. The van der Waals surface area contributed by atoms with E-state index in [2.05, 4.69) is 10.6 Å². The second-order valence-electron chi connectivity index (χ2n) is 5.75. The first-order chi connectivity index (χ1) is 12.2. The third-order valence-corrected chi connectivity index (χ3v) is 3.49. The molecule has 1 amide bonds. The molecular formula is C18H18ClF3N2O2. The lowest BCUT2D eigenvalue weighted by Gasteiger charge is -2.16. The number of anilines is 2. The van der Waals surface area contributed by atoms with Gasteiger partial charge in [-0.05, 0) is 44.2 Å². The fourth-order valence-corrected chi connectivity index (χ4v) is 2.37. The maximum atomic E-state index is 13.1. The van der Waals surface area contributed by atoms with Crippen molar-refractivity contribution in [1.82, 2.24) is 0 Å². The van der Waals surface area contributed by atoms with Crippen molar-refractivity contribution in [2.24, 2.45) is 0 Å². The highest BCUT2D eigenvalue weighted by atomic mass is 35.5. The minimum atomic E-state index is -4.58. The summed E-state index contributed by atoms with van der Waals surface area (Å²) in [6, 6.07) is 10.2. The molecule has 0 aliphatic rings. The topological polar surface area (TPSA) is 50.4 Å². The molecule has 0 aliphatic heterocycles. The van der Waals surface area contributed by atoms with E-state index in [4.69, 9.17) is 16.3 Å². The van der Waals surface area contributed by atoms with Crippen molar-refractivity contribution in [1.29, 1.82) is 0 Å². The van der Waals surface area contributed by atoms with Crippen LogP contribution in [0.5, 0.6) is 5.75 Å². The number of halogens is 4. The van der Waals surface area contributed by atoms with E-state index in [1.165, 1.54) is 12.1 Å². The molecule has 0 saturated carbocycles. The Kier molecular flexibility index (Phi) is 6.37. The van der Waals surface area contributed by atoms with Gasteiger partial charge in [0.2, 0.25) is 5.91 Å². The van der Waals surface area contributed by atoms with Crippen molar-refractivity contribution in [2.75, 3.05) is 17.2 Å². The Labute approximate surface area is 154 Å². The summed E-state index contributed by atoms with van der Waals surface area (Å²) in [5.41, 5.74) is -0.703. The smallest absolute Gasteiger partial charge is 0.418 e. The highest BCUT2D eigenvalue weighted by Crippen LogP contribution is 2.36. The molecule has 2 aromatic carbocycles. The molecule has 2 N–H and O–H groups in total. The number of benzene rings is 2. The van der Waals surface area contributed by atoms with Gasteiger partial charge in [-0.25, -0.2) is 0 Å². The lowest BCUT2D eigenvalue weighted by Crippen LogP contribution is -2.23. The van der Waals surface area contributed by atoms with E-state index >= 15 is 0 Å². The quantitative estimate of drug-likeness (QED) is 0.717. The van der Waals surface area contributed by atoms with Gasteiger partial charge in [-0.2, -0.15) is 13.2 Å². The minimum absolute atomic E-state index is 0.0351. The first kappa shape index (κ1) is 19.9.